The van der Waals surface area contributed by atoms with Crippen LogP contribution in [0.1, 0.15) is 26.7 Å². The van der Waals surface area contributed by atoms with Gasteiger partial charge in [-0.25, -0.2) is 0 Å². The normalized spacial score (nSPS) is 23.2. The van der Waals surface area contributed by atoms with Gasteiger partial charge >= 0.3 is 0 Å². The van der Waals surface area contributed by atoms with Crippen molar-refractivity contribution in [3.63, 3.8) is 0 Å². The lowest BCUT2D eigenvalue weighted by Crippen LogP contribution is -2.44. The van der Waals surface area contributed by atoms with Crippen molar-refractivity contribution in [2.24, 2.45) is 5.92 Å². The summed E-state index contributed by atoms with van der Waals surface area (Å²) >= 11 is 0. The number of allylic oxidation sites excluding steroid dienone is 3. The highest BCUT2D eigenvalue weighted by Gasteiger charge is 2.14. The van der Waals surface area contributed by atoms with Crippen LogP contribution in [0.15, 0.2) is 23.3 Å². The zero-order valence-electron chi connectivity index (χ0n) is 10.6. The zero-order chi connectivity index (χ0) is 11.4. The Labute approximate surface area is 99.4 Å². The molecule has 1 N–H and O–H groups in total. The minimum Gasteiger partial charge on any atom is -0.314 e. The van der Waals surface area contributed by atoms with E-state index in [0.717, 1.165) is 19.0 Å². The molecule has 0 aromatic rings. The summed E-state index contributed by atoms with van der Waals surface area (Å²) in [6.45, 7) is 10.5. The van der Waals surface area contributed by atoms with Crippen molar-refractivity contribution in [3.8, 4) is 0 Å². The van der Waals surface area contributed by atoms with Gasteiger partial charge in [0.15, 0.2) is 0 Å². The first-order chi connectivity index (χ1) is 7.75. The van der Waals surface area contributed by atoms with Crippen LogP contribution >= 0.6 is 0 Å². The van der Waals surface area contributed by atoms with Gasteiger partial charge in [0.2, 0.25) is 0 Å². The molecule has 16 heavy (non-hydrogen) atoms. The van der Waals surface area contributed by atoms with Gasteiger partial charge in [0.1, 0.15) is 0 Å². The molecular weight excluding hydrogens is 196 g/mol. The summed E-state index contributed by atoms with van der Waals surface area (Å²) in [6.07, 6.45) is 7.26. The van der Waals surface area contributed by atoms with Crippen molar-refractivity contribution in [1.82, 2.24) is 10.2 Å². The molecule has 0 aromatic heterocycles. The van der Waals surface area contributed by atoms with Crippen LogP contribution in [0.4, 0.5) is 0 Å². The topological polar surface area (TPSA) is 15.3 Å². The van der Waals surface area contributed by atoms with E-state index in [4.69, 9.17) is 0 Å². The van der Waals surface area contributed by atoms with Gasteiger partial charge in [-0.2, -0.15) is 0 Å². The summed E-state index contributed by atoms with van der Waals surface area (Å²) in [5.74, 6) is 0.719. The summed E-state index contributed by atoms with van der Waals surface area (Å²) in [5, 5.41) is 3.40. The average Bonchev–Trinajstić information content (AvgIpc) is 2.31. The molecule has 0 saturated carbocycles. The molecule has 1 fully saturated rings. The number of rotatable bonds is 3. The molecule has 2 aliphatic rings. The molecule has 2 heteroatoms. The van der Waals surface area contributed by atoms with E-state index in [-0.39, 0.29) is 0 Å². The van der Waals surface area contributed by atoms with Crippen molar-refractivity contribution >= 4 is 0 Å². The fourth-order valence-corrected chi connectivity index (χ4v) is 2.47. The van der Waals surface area contributed by atoms with Crippen molar-refractivity contribution < 1.29 is 0 Å². The van der Waals surface area contributed by atoms with E-state index in [0.29, 0.717) is 0 Å². The Morgan fingerprint density at radius 2 is 1.94 bits per heavy atom. The molecule has 2 rings (SSSR count). The van der Waals surface area contributed by atoms with Gasteiger partial charge < -0.3 is 5.32 Å². The van der Waals surface area contributed by atoms with Crippen LogP contribution in [0.25, 0.3) is 0 Å². The smallest absolute Gasteiger partial charge is 0.0197 e. The lowest BCUT2D eigenvalue weighted by atomic mass is 9.91. The second-order valence-corrected chi connectivity index (χ2v) is 5.25. The molecule has 1 aliphatic heterocycles. The monoisotopic (exact) mass is 220 g/mol. The van der Waals surface area contributed by atoms with Crippen LogP contribution in [0.5, 0.6) is 0 Å². The number of nitrogens with zero attached hydrogens (tertiary/aromatic N) is 1. The van der Waals surface area contributed by atoms with E-state index in [1.165, 1.54) is 32.5 Å². The molecule has 90 valence electrons. The van der Waals surface area contributed by atoms with Crippen LogP contribution in [0, 0.1) is 5.92 Å². The van der Waals surface area contributed by atoms with Gasteiger partial charge in [0.05, 0.1) is 0 Å². The van der Waals surface area contributed by atoms with Crippen molar-refractivity contribution in [2.75, 3.05) is 32.7 Å². The lowest BCUT2D eigenvalue weighted by molar-refractivity contribution is 0.257. The molecule has 1 aliphatic carbocycles. The Bertz CT molecular complexity index is 283. The predicted molar refractivity (Wildman–Crippen MR) is 69.5 cm³/mol. The quantitative estimate of drug-likeness (QED) is 0.784. The Hall–Kier alpha value is -0.600. The molecule has 1 heterocycles. The SMILES string of the molecule is CC(C)C1=CC=C(CN2CCNCC2)CC1. The first-order valence-electron chi connectivity index (χ1n) is 6.57. The van der Waals surface area contributed by atoms with Gasteiger partial charge in [-0.3, -0.25) is 4.90 Å². The minimum absolute atomic E-state index is 0.719. The third-order valence-corrected chi connectivity index (χ3v) is 3.65. The maximum atomic E-state index is 3.40. The first kappa shape index (κ1) is 11.9. The van der Waals surface area contributed by atoms with Crippen LogP contribution in [0.2, 0.25) is 0 Å². The zero-order valence-corrected chi connectivity index (χ0v) is 10.6. The van der Waals surface area contributed by atoms with E-state index >= 15 is 0 Å². The van der Waals surface area contributed by atoms with Crippen molar-refractivity contribution in [2.45, 2.75) is 26.7 Å². The first-order valence-corrected chi connectivity index (χ1v) is 6.57. The van der Waals surface area contributed by atoms with E-state index < -0.39 is 0 Å². The summed E-state index contributed by atoms with van der Waals surface area (Å²) in [6, 6.07) is 0. The third-order valence-electron chi connectivity index (χ3n) is 3.65. The number of piperazine rings is 1. The summed E-state index contributed by atoms with van der Waals surface area (Å²) in [5.41, 5.74) is 3.23. The lowest BCUT2D eigenvalue weighted by Gasteiger charge is -2.29. The molecule has 0 aromatic carbocycles. The van der Waals surface area contributed by atoms with Crippen LogP contribution in [0.3, 0.4) is 0 Å². The Kier molecular flexibility index (Phi) is 4.19. The van der Waals surface area contributed by atoms with E-state index in [2.05, 4.69) is 36.2 Å². The van der Waals surface area contributed by atoms with E-state index in [1.54, 1.807) is 11.1 Å². The highest BCUT2D eigenvalue weighted by Crippen LogP contribution is 2.24. The Morgan fingerprint density at radius 1 is 1.19 bits per heavy atom. The van der Waals surface area contributed by atoms with Crippen LogP contribution in [-0.4, -0.2) is 37.6 Å². The minimum atomic E-state index is 0.719. The second kappa shape index (κ2) is 5.65. The average molecular weight is 220 g/mol. The van der Waals surface area contributed by atoms with E-state index in [9.17, 15) is 0 Å². The molecule has 2 nitrogen and oxygen atoms in total. The fraction of sp³-hybridized carbons (Fsp3) is 0.714. The predicted octanol–water partition coefficient (Wildman–Crippen LogP) is 2.19. The van der Waals surface area contributed by atoms with Gasteiger partial charge in [-0.15, -0.1) is 0 Å². The van der Waals surface area contributed by atoms with Crippen molar-refractivity contribution in [3.05, 3.63) is 23.3 Å². The van der Waals surface area contributed by atoms with Crippen molar-refractivity contribution in [1.29, 1.82) is 0 Å². The number of hydrogen-bond donors (Lipinski definition) is 1. The highest BCUT2D eigenvalue weighted by molar-refractivity contribution is 5.25. The fourth-order valence-electron chi connectivity index (χ4n) is 2.47. The number of hydrogen-bond acceptors (Lipinski definition) is 2. The molecule has 0 radical (unpaired) electrons. The molecule has 0 amide bonds. The Balaban J connectivity index is 1.86. The van der Waals surface area contributed by atoms with Crippen LogP contribution in [-0.2, 0) is 0 Å². The number of nitrogens with one attached hydrogen (secondary N) is 1. The van der Waals surface area contributed by atoms with Crippen LogP contribution < -0.4 is 5.32 Å². The maximum absolute atomic E-state index is 3.40. The molecule has 1 saturated heterocycles. The third kappa shape index (κ3) is 3.19. The van der Waals surface area contributed by atoms with Gasteiger partial charge in [0.25, 0.3) is 0 Å². The summed E-state index contributed by atoms with van der Waals surface area (Å²) in [7, 11) is 0. The van der Waals surface area contributed by atoms with Gasteiger partial charge in [-0.1, -0.05) is 37.1 Å². The standard InChI is InChI=1S/C14H24N2/c1-12(2)14-5-3-13(4-6-14)11-16-9-7-15-8-10-16/h3,5,12,15H,4,6-11H2,1-2H3. The molecule has 0 atom stereocenters. The highest BCUT2D eigenvalue weighted by atomic mass is 15.2. The Morgan fingerprint density at radius 3 is 2.50 bits per heavy atom. The summed E-state index contributed by atoms with van der Waals surface area (Å²) < 4.78 is 0. The molecular formula is C14H24N2. The van der Waals surface area contributed by atoms with Gasteiger partial charge in [0, 0.05) is 32.7 Å². The molecule has 0 spiro atoms. The molecule has 0 unspecified atom stereocenters. The van der Waals surface area contributed by atoms with E-state index in [1.807, 2.05) is 0 Å². The largest absolute Gasteiger partial charge is 0.314 e. The van der Waals surface area contributed by atoms with Gasteiger partial charge in [-0.05, 0) is 18.8 Å². The maximum Gasteiger partial charge on any atom is 0.0197 e. The summed E-state index contributed by atoms with van der Waals surface area (Å²) in [4.78, 5) is 2.57. The second-order valence-electron chi connectivity index (χ2n) is 5.25. The molecule has 0 bridgehead atoms.